The Kier molecular flexibility index (Phi) is 8.58. The third kappa shape index (κ3) is 6.02. The number of benzene rings is 6. The van der Waals surface area contributed by atoms with Crippen molar-refractivity contribution in [2.75, 3.05) is 4.90 Å². The number of aromatic nitrogens is 3. The van der Waals surface area contributed by atoms with Crippen molar-refractivity contribution in [3.63, 3.8) is 0 Å². The number of rotatable bonds is 8. The van der Waals surface area contributed by atoms with Crippen LogP contribution < -0.4 is 9.64 Å². The van der Waals surface area contributed by atoms with Gasteiger partial charge in [0.25, 0.3) is 0 Å². The molecule has 0 saturated heterocycles. The number of aryl methyl sites for hydroxylation is 2. The minimum atomic E-state index is 0.523. The van der Waals surface area contributed by atoms with Crippen LogP contribution in [0.3, 0.4) is 0 Å². The van der Waals surface area contributed by atoms with Gasteiger partial charge in [-0.3, -0.25) is 0 Å². The summed E-state index contributed by atoms with van der Waals surface area (Å²) in [6.45, 7) is 2.03. The molecule has 0 aliphatic rings. The summed E-state index contributed by atoms with van der Waals surface area (Å²) >= 11 is 2.40. The van der Waals surface area contributed by atoms with Gasteiger partial charge >= 0.3 is 279 Å². The Bertz CT molecular complexity index is 2460. The molecule has 0 radical (unpaired) electrons. The molecule has 0 N–H and O–H groups in total. The van der Waals surface area contributed by atoms with Gasteiger partial charge in [-0.05, 0) is 18.6 Å². The molecule has 0 unspecified atom stereocenters. The van der Waals surface area contributed by atoms with E-state index in [1.807, 2.05) is 31.2 Å². The van der Waals surface area contributed by atoms with Crippen molar-refractivity contribution in [3.8, 4) is 39.6 Å². The number of fused-ring (bicyclic) bond motifs is 1. The monoisotopic (exact) mass is 827 g/mol. The molecule has 2 aromatic heterocycles. The Morgan fingerprint density at radius 2 is 1.24 bits per heavy atom. The number of hydrogen-bond acceptors (Lipinski definition) is 3. The maximum atomic E-state index is 6.30. The van der Waals surface area contributed by atoms with Crippen molar-refractivity contribution >= 4 is 28.1 Å². The Labute approximate surface area is 302 Å². The second kappa shape index (κ2) is 13.6. The first-order valence-electron chi connectivity index (χ1n) is 16.4. The molecule has 5 nitrogen and oxygen atoms in total. The number of pyridine rings is 1. The van der Waals surface area contributed by atoms with Gasteiger partial charge in [0.1, 0.15) is 0 Å². The van der Waals surface area contributed by atoms with Crippen LogP contribution in [0.2, 0.25) is 0 Å². The summed E-state index contributed by atoms with van der Waals surface area (Å²) in [6.07, 6.45) is 1.76. The third-order valence-corrected chi connectivity index (χ3v) is 9.96. The molecule has 0 amide bonds. The average Bonchev–Trinajstić information content (AvgIpc) is 3.41. The van der Waals surface area contributed by atoms with Gasteiger partial charge in [0.15, 0.2) is 0 Å². The van der Waals surface area contributed by atoms with Gasteiger partial charge in [0.2, 0.25) is 0 Å². The topological polar surface area (TPSA) is 35.2 Å². The number of ether oxygens (including phenoxy) is 1. The van der Waals surface area contributed by atoms with Gasteiger partial charge in [-0.1, -0.05) is 0 Å². The summed E-state index contributed by atoms with van der Waals surface area (Å²) in [5.41, 5.74) is 11.3. The summed E-state index contributed by atoms with van der Waals surface area (Å²) in [5, 5.41) is 0. The van der Waals surface area contributed by atoms with E-state index in [0.29, 0.717) is 11.6 Å². The quantitative estimate of drug-likeness (QED) is 0.143. The Balaban J connectivity index is 1.39. The summed E-state index contributed by atoms with van der Waals surface area (Å²) < 4.78 is 11.8. The second-order valence-electron chi connectivity index (χ2n) is 12.0. The predicted octanol–water partition coefficient (Wildman–Crippen LogP) is 10.9. The summed E-state index contributed by atoms with van der Waals surface area (Å²) in [7, 11) is 2.10. The Morgan fingerprint density at radius 1 is 0.640 bits per heavy atom. The zero-order valence-electron chi connectivity index (χ0n) is 27.5. The molecule has 6 aromatic carbocycles. The normalized spacial score (nSPS) is 11.1. The molecule has 246 valence electrons. The molecule has 0 saturated carbocycles. The molecule has 8 rings (SSSR count). The van der Waals surface area contributed by atoms with E-state index in [2.05, 4.69) is 185 Å². The van der Waals surface area contributed by atoms with Gasteiger partial charge in [-0.15, -0.1) is 0 Å². The molecule has 8 aromatic rings. The van der Waals surface area contributed by atoms with Crippen LogP contribution in [0.15, 0.2) is 158 Å². The van der Waals surface area contributed by atoms with E-state index >= 15 is 0 Å². The first kappa shape index (κ1) is 31.5. The molecule has 0 atom stereocenters. The van der Waals surface area contributed by atoms with Gasteiger partial charge < -0.3 is 0 Å². The number of hydrogen-bond donors (Lipinski definition) is 0. The van der Waals surface area contributed by atoms with E-state index in [-0.39, 0.29) is 0 Å². The number of imidazole rings is 1. The molecule has 50 heavy (non-hydrogen) atoms. The number of para-hydroxylation sites is 3. The molecular formula is C44H32N4OPt-2. The van der Waals surface area contributed by atoms with E-state index in [1.54, 1.807) is 6.20 Å². The zero-order valence-corrected chi connectivity index (χ0v) is 29.8. The van der Waals surface area contributed by atoms with Crippen molar-refractivity contribution in [1.29, 1.82) is 0 Å². The van der Waals surface area contributed by atoms with Crippen molar-refractivity contribution in [2.24, 2.45) is 7.05 Å². The Hall–Kier alpha value is -5.77. The van der Waals surface area contributed by atoms with Gasteiger partial charge in [0, 0.05) is 6.20 Å². The first-order valence-corrected chi connectivity index (χ1v) is 17.5. The molecule has 0 aliphatic heterocycles. The van der Waals surface area contributed by atoms with Gasteiger partial charge in [-0.25, -0.2) is 0 Å². The van der Waals surface area contributed by atoms with E-state index in [9.17, 15) is 0 Å². The fourth-order valence-electron chi connectivity index (χ4n) is 6.36. The van der Waals surface area contributed by atoms with Gasteiger partial charge in [-0.2, -0.15) is 0 Å². The summed E-state index contributed by atoms with van der Waals surface area (Å²) in [5.74, 6) is 1.09. The van der Waals surface area contributed by atoms with Gasteiger partial charge in [0.05, 0.1) is 0 Å². The second-order valence-corrected chi connectivity index (χ2v) is 13.0. The summed E-state index contributed by atoms with van der Waals surface area (Å²) in [4.78, 5) is 6.70. The van der Waals surface area contributed by atoms with E-state index in [1.165, 1.54) is 0 Å². The molecule has 0 fully saturated rings. The van der Waals surface area contributed by atoms with Crippen molar-refractivity contribution in [2.45, 2.75) is 6.92 Å². The molecule has 2 heterocycles. The first-order chi connectivity index (χ1) is 24.5. The van der Waals surface area contributed by atoms with Crippen molar-refractivity contribution < 1.29 is 24.1 Å². The average molecular weight is 828 g/mol. The van der Waals surface area contributed by atoms with Crippen LogP contribution in [0, 0.1) is 22.9 Å². The van der Waals surface area contributed by atoms with Crippen LogP contribution in [-0.4, -0.2) is 14.1 Å². The standard InChI is InChI=1S/C44H32N4O.Pt/c1-32-26-27-45-43(28-32)49-38-21-12-20-37(30-38)48(36-19-11-18-35(29-36)47-31-46(2)41-24-9-10-25-42(41)47)44-39(33-14-5-3-6-15-33)22-13-23-40(44)34-16-7-4-8-17-34;/h3-28H,1-2H3;/q-2;. The van der Waals surface area contributed by atoms with E-state index < -0.39 is 0 Å². The van der Waals surface area contributed by atoms with Crippen LogP contribution in [0.25, 0.3) is 39.0 Å². The molecule has 0 spiro atoms. The van der Waals surface area contributed by atoms with Crippen LogP contribution in [0.5, 0.6) is 11.6 Å². The van der Waals surface area contributed by atoms with Crippen molar-refractivity contribution in [3.05, 3.63) is 179 Å². The molecular weight excluding hydrogens is 796 g/mol. The fourth-order valence-corrected chi connectivity index (χ4v) is 7.18. The number of anilines is 3. The summed E-state index contributed by atoms with van der Waals surface area (Å²) in [6, 6.07) is 59.7. The molecule has 0 aliphatic carbocycles. The molecule has 6 heteroatoms. The SMILES string of the molecule is Cc1ccnc(Oc2[c-]c(N(c3[c-]c(-n4[c](=[Pt])n(C)c5ccccc54)ccc3)c3c(-c4ccccc4)cccc3-c3ccccc3)ccc2)c1. The Morgan fingerprint density at radius 3 is 1.92 bits per heavy atom. The third-order valence-electron chi connectivity index (χ3n) is 8.68. The molecule has 0 bridgehead atoms. The predicted molar refractivity (Wildman–Crippen MR) is 198 cm³/mol. The van der Waals surface area contributed by atoms with Crippen LogP contribution in [-0.2, 0) is 26.4 Å². The van der Waals surface area contributed by atoms with Crippen LogP contribution in [0.4, 0.5) is 17.1 Å². The van der Waals surface area contributed by atoms with Crippen LogP contribution >= 0.6 is 0 Å². The fraction of sp³-hybridized carbons (Fsp3) is 0.0455. The number of nitrogens with zero attached hydrogens (tertiary/aromatic N) is 4. The van der Waals surface area contributed by atoms with Crippen LogP contribution in [0.1, 0.15) is 5.56 Å². The van der Waals surface area contributed by atoms with Crippen molar-refractivity contribution in [1.82, 2.24) is 14.1 Å². The minimum absolute atomic E-state index is 0.523. The maximum absolute atomic E-state index is 6.30. The van der Waals surface area contributed by atoms with E-state index in [4.69, 9.17) is 4.74 Å². The van der Waals surface area contributed by atoms with E-state index in [0.717, 1.165) is 65.4 Å². The zero-order chi connectivity index (χ0) is 34.0.